The first kappa shape index (κ1) is 15.3. The zero-order valence-corrected chi connectivity index (χ0v) is 11.6. The molecule has 2 atom stereocenters. The second-order valence-electron chi connectivity index (χ2n) is 4.11. The normalized spacial score (nSPS) is 13.6. The van der Waals surface area contributed by atoms with E-state index in [1.807, 2.05) is 13.0 Å². The Kier molecular flexibility index (Phi) is 5.62. The fourth-order valence-corrected chi connectivity index (χ4v) is 2.81. The monoisotopic (exact) mass is 284 g/mol. The van der Waals surface area contributed by atoms with Crippen LogP contribution in [0, 0.1) is 6.92 Å². The maximum absolute atomic E-state index is 11.9. The van der Waals surface area contributed by atoms with Gasteiger partial charge in [-0.05, 0) is 18.6 Å². The van der Waals surface area contributed by atoms with Gasteiger partial charge < -0.3 is 10.4 Å². The maximum Gasteiger partial charge on any atom is 0.327 e. The smallest absolute Gasteiger partial charge is 0.327 e. The van der Waals surface area contributed by atoms with Crippen LogP contribution in [0.2, 0.25) is 0 Å². The van der Waals surface area contributed by atoms with Crippen molar-refractivity contribution in [2.45, 2.75) is 25.6 Å². The fraction of sp³-hybridized carbons (Fsp3) is 0.417. The second-order valence-corrected chi connectivity index (χ2v) is 5.61. The van der Waals surface area contributed by atoms with E-state index in [2.05, 4.69) is 10.3 Å². The molecule has 104 valence electrons. The molecule has 0 aliphatic heterocycles. The van der Waals surface area contributed by atoms with E-state index in [9.17, 15) is 13.8 Å². The van der Waals surface area contributed by atoms with E-state index >= 15 is 0 Å². The molecular weight excluding hydrogens is 268 g/mol. The van der Waals surface area contributed by atoms with Crippen LogP contribution in [0.15, 0.2) is 18.3 Å². The topological polar surface area (TPSA) is 96.4 Å². The molecule has 0 saturated heterocycles. The van der Waals surface area contributed by atoms with E-state index in [-0.39, 0.29) is 11.5 Å². The first-order valence-corrected chi connectivity index (χ1v) is 7.14. The number of aromatic nitrogens is 1. The van der Waals surface area contributed by atoms with E-state index in [0.29, 0.717) is 5.69 Å². The van der Waals surface area contributed by atoms with Crippen LogP contribution in [0.3, 0.4) is 0 Å². The van der Waals surface area contributed by atoms with Gasteiger partial charge in [0.2, 0.25) is 5.91 Å². The first-order chi connectivity index (χ1) is 8.90. The average Bonchev–Trinajstić information content (AvgIpc) is 2.30. The van der Waals surface area contributed by atoms with E-state index in [1.54, 1.807) is 12.3 Å². The van der Waals surface area contributed by atoms with E-state index in [1.165, 1.54) is 6.92 Å². The molecule has 0 aliphatic rings. The lowest BCUT2D eigenvalue weighted by Gasteiger charge is -2.13. The van der Waals surface area contributed by atoms with Crippen molar-refractivity contribution in [1.82, 2.24) is 10.3 Å². The SMILES string of the molecule is CC(=O)NC(CS(=O)Cc1ncccc1C)C(=O)O. The quantitative estimate of drug-likeness (QED) is 0.779. The number of aryl methyl sites for hydroxylation is 1. The fourth-order valence-electron chi connectivity index (χ4n) is 1.49. The average molecular weight is 284 g/mol. The van der Waals surface area contributed by atoms with Gasteiger partial charge in [-0.1, -0.05) is 6.07 Å². The van der Waals surface area contributed by atoms with Crippen LogP contribution >= 0.6 is 0 Å². The molecule has 0 saturated carbocycles. The summed E-state index contributed by atoms with van der Waals surface area (Å²) in [6.45, 7) is 3.07. The highest BCUT2D eigenvalue weighted by molar-refractivity contribution is 7.84. The predicted molar refractivity (Wildman–Crippen MR) is 70.9 cm³/mol. The van der Waals surface area contributed by atoms with Crippen molar-refractivity contribution >= 4 is 22.7 Å². The molecular formula is C12H16N2O4S. The Balaban J connectivity index is 2.65. The number of hydrogen-bond donors (Lipinski definition) is 2. The summed E-state index contributed by atoms with van der Waals surface area (Å²) in [5.41, 5.74) is 1.58. The number of nitrogens with one attached hydrogen (secondary N) is 1. The summed E-state index contributed by atoms with van der Waals surface area (Å²) in [4.78, 5) is 25.9. The molecule has 0 aromatic carbocycles. The molecule has 0 radical (unpaired) electrons. The highest BCUT2D eigenvalue weighted by atomic mass is 32.2. The van der Waals surface area contributed by atoms with Gasteiger partial charge in [0.25, 0.3) is 0 Å². The molecule has 2 unspecified atom stereocenters. The van der Waals surface area contributed by atoms with Crippen LogP contribution in [-0.2, 0) is 26.1 Å². The van der Waals surface area contributed by atoms with Crippen LogP contribution in [0.5, 0.6) is 0 Å². The Hall–Kier alpha value is -1.76. The summed E-state index contributed by atoms with van der Waals surface area (Å²) in [5, 5.41) is 11.2. The third kappa shape index (κ3) is 5.17. The van der Waals surface area contributed by atoms with Gasteiger partial charge in [0.1, 0.15) is 6.04 Å². The van der Waals surface area contributed by atoms with Crippen molar-refractivity contribution in [3.63, 3.8) is 0 Å². The van der Waals surface area contributed by atoms with Gasteiger partial charge in [0, 0.05) is 23.9 Å². The molecule has 2 N–H and O–H groups in total. The molecule has 0 bridgehead atoms. The number of carboxylic acid groups (broad SMARTS) is 1. The summed E-state index contributed by atoms with van der Waals surface area (Å²) >= 11 is 0. The first-order valence-electron chi connectivity index (χ1n) is 5.65. The number of carbonyl (C=O) groups excluding carboxylic acids is 1. The lowest BCUT2D eigenvalue weighted by atomic mass is 10.2. The summed E-state index contributed by atoms with van der Waals surface area (Å²) in [6.07, 6.45) is 1.60. The van der Waals surface area contributed by atoms with Crippen LogP contribution in [-0.4, -0.2) is 38.0 Å². The lowest BCUT2D eigenvalue weighted by Crippen LogP contribution is -2.43. The molecule has 1 aromatic rings. The molecule has 7 heteroatoms. The third-order valence-corrected chi connectivity index (χ3v) is 3.74. The summed E-state index contributed by atoms with van der Waals surface area (Å²) in [7, 11) is -1.41. The maximum atomic E-state index is 11.9. The van der Waals surface area contributed by atoms with Crippen molar-refractivity contribution in [1.29, 1.82) is 0 Å². The highest BCUT2D eigenvalue weighted by Crippen LogP contribution is 2.07. The third-order valence-electron chi connectivity index (χ3n) is 2.44. The van der Waals surface area contributed by atoms with E-state index < -0.39 is 28.7 Å². The Bertz CT molecular complexity index is 504. The number of aliphatic carboxylic acids is 1. The Morgan fingerprint density at radius 1 is 1.53 bits per heavy atom. The number of pyridine rings is 1. The molecule has 19 heavy (non-hydrogen) atoms. The lowest BCUT2D eigenvalue weighted by molar-refractivity contribution is -0.140. The Morgan fingerprint density at radius 2 is 2.21 bits per heavy atom. The number of carboxylic acids is 1. The summed E-state index contributed by atoms with van der Waals surface area (Å²) in [5.74, 6) is -1.61. The van der Waals surface area contributed by atoms with Gasteiger partial charge in [0.15, 0.2) is 0 Å². The number of rotatable bonds is 6. The van der Waals surface area contributed by atoms with Crippen molar-refractivity contribution in [2.24, 2.45) is 0 Å². The number of nitrogens with zero attached hydrogens (tertiary/aromatic N) is 1. The standard InChI is InChI=1S/C12H16N2O4S/c1-8-4-3-5-13-10(8)6-19(18)7-11(12(16)17)14-9(2)15/h3-5,11H,6-7H2,1-2H3,(H,14,15)(H,16,17). The second kappa shape index (κ2) is 6.98. The van der Waals surface area contributed by atoms with Crippen LogP contribution in [0.25, 0.3) is 0 Å². The van der Waals surface area contributed by atoms with Gasteiger partial charge in [0.05, 0.1) is 17.2 Å². The molecule has 0 aliphatic carbocycles. The van der Waals surface area contributed by atoms with Crippen molar-refractivity contribution in [3.8, 4) is 0 Å². The summed E-state index contributed by atoms with van der Waals surface area (Å²) in [6, 6.07) is 2.49. The van der Waals surface area contributed by atoms with Crippen LogP contribution in [0.4, 0.5) is 0 Å². The molecule has 1 heterocycles. The highest BCUT2D eigenvalue weighted by Gasteiger charge is 2.21. The predicted octanol–water partition coefficient (Wildman–Crippen LogP) is 0.228. The largest absolute Gasteiger partial charge is 0.480 e. The van der Waals surface area contributed by atoms with E-state index in [4.69, 9.17) is 5.11 Å². The number of carbonyl (C=O) groups is 2. The number of amides is 1. The van der Waals surface area contributed by atoms with Gasteiger partial charge in [-0.2, -0.15) is 0 Å². The van der Waals surface area contributed by atoms with Crippen LogP contribution in [0.1, 0.15) is 18.2 Å². The minimum Gasteiger partial charge on any atom is -0.480 e. The van der Waals surface area contributed by atoms with Gasteiger partial charge in [-0.15, -0.1) is 0 Å². The minimum atomic E-state index is -1.41. The summed E-state index contributed by atoms with van der Waals surface area (Å²) < 4.78 is 11.9. The molecule has 1 amide bonds. The van der Waals surface area contributed by atoms with Gasteiger partial charge in [-0.25, -0.2) is 4.79 Å². The molecule has 1 aromatic heterocycles. The molecule has 6 nitrogen and oxygen atoms in total. The van der Waals surface area contributed by atoms with Gasteiger partial charge in [-0.3, -0.25) is 14.0 Å². The van der Waals surface area contributed by atoms with Crippen LogP contribution < -0.4 is 5.32 Å². The van der Waals surface area contributed by atoms with Crippen molar-refractivity contribution in [3.05, 3.63) is 29.6 Å². The van der Waals surface area contributed by atoms with Gasteiger partial charge >= 0.3 is 5.97 Å². The minimum absolute atomic E-state index is 0.134. The molecule has 1 rings (SSSR count). The Morgan fingerprint density at radius 3 is 2.74 bits per heavy atom. The Labute approximate surface area is 113 Å². The van der Waals surface area contributed by atoms with E-state index in [0.717, 1.165) is 5.56 Å². The zero-order valence-electron chi connectivity index (χ0n) is 10.8. The van der Waals surface area contributed by atoms with Crippen molar-refractivity contribution < 1.29 is 18.9 Å². The number of hydrogen-bond acceptors (Lipinski definition) is 4. The zero-order chi connectivity index (χ0) is 14.4. The molecule has 0 spiro atoms. The molecule has 0 fully saturated rings. The van der Waals surface area contributed by atoms with Crippen molar-refractivity contribution in [2.75, 3.05) is 5.75 Å².